The fraction of sp³-hybridized carbons (Fsp3) is 0.625. The standard InChI is InChI=1S/C16H24N2O/c19-13-16(17-15-6-7-15)8-10-18(11-9-16)12-14-4-2-1-3-5-14/h1-5,15,17,19H,6-13H2. The van der Waals surface area contributed by atoms with Crippen LogP contribution in [0.3, 0.4) is 0 Å². The molecule has 3 heteroatoms. The Kier molecular flexibility index (Phi) is 3.87. The molecule has 0 aromatic heterocycles. The van der Waals surface area contributed by atoms with Crippen molar-refractivity contribution in [3.63, 3.8) is 0 Å². The monoisotopic (exact) mass is 260 g/mol. The summed E-state index contributed by atoms with van der Waals surface area (Å²) in [6.45, 7) is 3.47. The molecule has 1 saturated carbocycles. The van der Waals surface area contributed by atoms with Crippen LogP contribution in [0.25, 0.3) is 0 Å². The van der Waals surface area contributed by atoms with E-state index in [0.717, 1.165) is 32.5 Å². The van der Waals surface area contributed by atoms with E-state index in [4.69, 9.17) is 0 Å². The van der Waals surface area contributed by atoms with Crippen molar-refractivity contribution in [1.82, 2.24) is 10.2 Å². The molecular formula is C16H24N2O. The summed E-state index contributed by atoms with van der Waals surface area (Å²) >= 11 is 0. The van der Waals surface area contributed by atoms with Crippen molar-refractivity contribution in [2.75, 3.05) is 19.7 Å². The summed E-state index contributed by atoms with van der Waals surface area (Å²) in [6, 6.07) is 11.3. The van der Waals surface area contributed by atoms with Crippen molar-refractivity contribution < 1.29 is 5.11 Å². The van der Waals surface area contributed by atoms with Gasteiger partial charge in [0.25, 0.3) is 0 Å². The molecule has 0 radical (unpaired) electrons. The second-order valence-corrected chi connectivity index (χ2v) is 6.12. The lowest BCUT2D eigenvalue weighted by Crippen LogP contribution is -2.56. The maximum atomic E-state index is 9.71. The molecule has 0 atom stereocenters. The largest absolute Gasteiger partial charge is 0.394 e. The van der Waals surface area contributed by atoms with Crippen LogP contribution in [0.15, 0.2) is 30.3 Å². The summed E-state index contributed by atoms with van der Waals surface area (Å²) in [4.78, 5) is 2.50. The summed E-state index contributed by atoms with van der Waals surface area (Å²) < 4.78 is 0. The highest BCUT2D eigenvalue weighted by Crippen LogP contribution is 2.29. The first-order valence-electron chi connectivity index (χ1n) is 7.44. The third kappa shape index (κ3) is 3.35. The van der Waals surface area contributed by atoms with Crippen molar-refractivity contribution in [2.45, 2.75) is 43.8 Å². The first-order chi connectivity index (χ1) is 9.30. The van der Waals surface area contributed by atoms with Gasteiger partial charge in [-0.3, -0.25) is 4.90 Å². The molecule has 19 heavy (non-hydrogen) atoms. The molecule has 1 aromatic carbocycles. The third-order valence-electron chi connectivity index (χ3n) is 4.45. The van der Waals surface area contributed by atoms with E-state index in [0.29, 0.717) is 6.04 Å². The summed E-state index contributed by atoms with van der Waals surface area (Å²) in [7, 11) is 0. The van der Waals surface area contributed by atoms with Gasteiger partial charge in [-0.05, 0) is 31.2 Å². The molecule has 2 N–H and O–H groups in total. The Morgan fingerprint density at radius 3 is 2.42 bits per heavy atom. The van der Waals surface area contributed by atoms with E-state index in [1.807, 2.05) is 0 Å². The average molecular weight is 260 g/mol. The predicted molar refractivity (Wildman–Crippen MR) is 76.9 cm³/mol. The summed E-state index contributed by atoms with van der Waals surface area (Å²) in [5.74, 6) is 0. The van der Waals surface area contributed by atoms with E-state index in [1.54, 1.807) is 0 Å². The van der Waals surface area contributed by atoms with Gasteiger partial charge in [-0.15, -0.1) is 0 Å². The molecule has 3 nitrogen and oxygen atoms in total. The number of benzene rings is 1. The summed E-state index contributed by atoms with van der Waals surface area (Å²) in [5, 5.41) is 13.4. The molecule has 104 valence electrons. The molecule has 1 heterocycles. The molecular weight excluding hydrogens is 236 g/mol. The number of aliphatic hydroxyl groups excluding tert-OH is 1. The molecule has 0 amide bonds. The molecule has 0 bridgehead atoms. The highest BCUT2D eigenvalue weighted by atomic mass is 16.3. The Bertz CT molecular complexity index is 394. The van der Waals surface area contributed by atoms with Crippen molar-refractivity contribution in [1.29, 1.82) is 0 Å². The van der Waals surface area contributed by atoms with E-state index in [9.17, 15) is 5.11 Å². The number of likely N-dealkylation sites (tertiary alicyclic amines) is 1. The zero-order chi connectivity index (χ0) is 13.1. The first-order valence-corrected chi connectivity index (χ1v) is 7.44. The van der Waals surface area contributed by atoms with Crippen LogP contribution < -0.4 is 5.32 Å². The number of aliphatic hydroxyl groups is 1. The Morgan fingerprint density at radius 1 is 1.16 bits per heavy atom. The second-order valence-electron chi connectivity index (χ2n) is 6.12. The van der Waals surface area contributed by atoms with E-state index in [-0.39, 0.29) is 12.1 Å². The zero-order valence-corrected chi connectivity index (χ0v) is 11.5. The van der Waals surface area contributed by atoms with Gasteiger partial charge in [0.1, 0.15) is 0 Å². The van der Waals surface area contributed by atoms with E-state index < -0.39 is 0 Å². The van der Waals surface area contributed by atoms with Gasteiger partial charge in [0, 0.05) is 31.2 Å². The Morgan fingerprint density at radius 2 is 1.84 bits per heavy atom. The van der Waals surface area contributed by atoms with E-state index in [2.05, 4.69) is 40.5 Å². The minimum absolute atomic E-state index is 0.00560. The van der Waals surface area contributed by atoms with Gasteiger partial charge in [-0.25, -0.2) is 0 Å². The molecule has 3 rings (SSSR count). The van der Waals surface area contributed by atoms with Crippen LogP contribution in [0, 0.1) is 0 Å². The lowest BCUT2D eigenvalue weighted by atomic mass is 9.88. The summed E-state index contributed by atoms with van der Waals surface area (Å²) in [6.07, 6.45) is 4.70. The first kappa shape index (κ1) is 13.1. The zero-order valence-electron chi connectivity index (χ0n) is 11.5. The average Bonchev–Trinajstić information content (AvgIpc) is 3.26. The van der Waals surface area contributed by atoms with Crippen LogP contribution in [0.4, 0.5) is 0 Å². The molecule has 0 unspecified atom stereocenters. The highest BCUT2D eigenvalue weighted by molar-refractivity contribution is 5.14. The number of hydrogen-bond donors (Lipinski definition) is 2. The maximum Gasteiger partial charge on any atom is 0.0614 e. The fourth-order valence-corrected chi connectivity index (χ4v) is 2.99. The molecule has 2 aliphatic rings. The second kappa shape index (κ2) is 5.61. The van der Waals surface area contributed by atoms with Crippen molar-refractivity contribution in [3.8, 4) is 0 Å². The van der Waals surface area contributed by atoms with Gasteiger partial charge in [0.2, 0.25) is 0 Å². The van der Waals surface area contributed by atoms with E-state index in [1.165, 1.54) is 18.4 Å². The quantitative estimate of drug-likeness (QED) is 0.847. The van der Waals surface area contributed by atoms with Crippen LogP contribution in [-0.4, -0.2) is 41.3 Å². The highest BCUT2D eigenvalue weighted by Gasteiger charge is 2.38. The number of nitrogens with one attached hydrogen (secondary N) is 1. The van der Waals surface area contributed by atoms with Crippen molar-refractivity contribution in [2.24, 2.45) is 0 Å². The lowest BCUT2D eigenvalue weighted by molar-refractivity contribution is 0.0741. The maximum absolute atomic E-state index is 9.71. The van der Waals surface area contributed by atoms with Crippen LogP contribution in [0.2, 0.25) is 0 Å². The van der Waals surface area contributed by atoms with E-state index >= 15 is 0 Å². The predicted octanol–water partition coefficient (Wildman–Crippen LogP) is 1.77. The van der Waals surface area contributed by atoms with Crippen LogP contribution in [0.5, 0.6) is 0 Å². The third-order valence-corrected chi connectivity index (χ3v) is 4.45. The Hall–Kier alpha value is -0.900. The van der Waals surface area contributed by atoms with Crippen molar-refractivity contribution in [3.05, 3.63) is 35.9 Å². The van der Waals surface area contributed by atoms with Gasteiger partial charge < -0.3 is 10.4 Å². The topological polar surface area (TPSA) is 35.5 Å². The van der Waals surface area contributed by atoms with Gasteiger partial charge in [-0.1, -0.05) is 30.3 Å². The Labute approximate surface area is 115 Å². The minimum atomic E-state index is -0.00560. The molecule has 1 saturated heterocycles. The molecule has 1 aliphatic carbocycles. The number of rotatable bonds is 5. The van der Waals surface area contributed by atoms with Crippen LogP contribution >= 0.6 is 0 Å². The molecule has 1 aliphatic heterocycles. The fourth-order valence-electron chi connectivity index (χ4n) is 2.99. The smallest absolute Gasteiger partial charge is 0.0614 e. The van der Waals surface area contributed by atoms with Gasteiger partial charge in [-0.2, -0.15) is 0 Å². The lowest BCUT2D eigenvalue weighted by Gasteiger charge is -2.41. The Balaban J connectivity index is 1.53. The van der Waals surface area contributed by atoms with Gasteiger partial charge in [0.05, 0.1) is 6.61 Å². The van der Waals surface area contributed by atoms with Crippen LogP contribution in [0.1, 0.15) is 31.2 Å². The summed E-state index contributed by atoms with van der Waals surface area (Å²) in [5.41, 5.74) is 1.38. The molecule has 2 fully saturated rings. The molecule has 0 spiro atoms. The van der Waals surface area contributed by atoms with Crippen LogP contribution in [-0.2, 0) is 6.54 Å². The van der Waals surface area contributed by atoms with Gasteiger partial charge >= 0.3 is 0 Å². The molecule has 1 aromatic rings. The number of piperidine rings is 1. The number of nitrogens with zero attached hydrogens (tertiary/aromatic N) is 1. The van der Waals surface area contributed by atoms with Crippen molar-refractivity contribution >= 4 is 0 Å². The SMILES string of the molecule is OCC1(NC2CC2)CCN(Cc2ccccc2)CC1. The number of hydrogen-bond acceptors (Lipinski definition) is 3. The normalized spacial score (nSPS) is 23.4. The van der Waals surface area contributed by atoms with Gasteiger partial charge in [0.15, 0.2) is 0 Å². The minimum Gasteiger partial charge on any atom is -0.394 e.